The van der Waals surface area contributed by atoms with Gasteiger partial charge in [-0.15, -0.1) is 0 Å². The van der Waals surface area contributed by atoms with Crippen molar-refractivity contribution in [2.45, 2.75) is 23.8 Å². The van der Waals surface area contributed by atoms with Crippen molar-refractivity contribution in [3.63, 3.8) is 0 Å². The van der Waals surface area contributed by atoms with E-state index in [2.05, 4.69) is 0 Å². The van der Waals surface area contributed by atoms with Crippen LogP contribution in [0.15, 0.2) is 23.1 Å². The lowest BCUT2D eigenvalue weighted by Crippen LogP contribution is -2.40. The molecule has 2 rings (SSSR count). The van der Waals surface area contributed by atoms with Crippen LogP contribution >= 0.6 is 0 Å². The number of halogens is 1. The summed E-state index contributed by atoms with van der Waals surface area (Å²) in [7, 11) is -3.73. The molecule has 5 nitrogen and oxygen atoms in total. The largest absolute Gasteiger partial charge is 0.393 e. The first-order valence-corrected chi connectivity index (χ1v) is 7.27. The van der Waals surface area contributed by atoms with Gasteiger partial charge in [0.15, 0.2) is 0 Å². The van der Waals surface area contributed by atoms with E-state index in [4.69, 9.17) is 5.26 Å². The Morgan fingerprint density at radius 2 is 2.00 bits per heavy atom. The molecule has 0 spiro atoms. The Morgan fingerprint density at radius 3 is 2.58 bits per heavy atom. The van der Waals surface area contributed by atoms with Crippen molar-refractivity contribution >= 4 is 10.0 Å². The number of rotatable bonds is 2. The van der Waals surface area contributed by atoms with E-state index in [0.717, 1.165) is 18.2 Å². The molecule has 1 saturated heterocycles. The molecule has 1 aromatic rings. The maximum Gasteiger partial charge on any atom is 0.243 e. The molecule has 0 aliphatic carbocycles. The number of hydrogen-bond acceptors (Lipinski definition) is 4. The van der Waals surface area contributed by atoms with E-state index in [1.165, 1.54) is 4.31 Å². The first-order valence-electron chi connectivity index (χ1n) is 5.83. The number of nitriles is 1. The Bertz CT molecular complexity index is 616. The first kappa shape index (κ1) is 13.9. The predicted octanol–water partition coefficient (Wildman–Crippen LogP) is 0.843. The number of benzene rings is 1. The summed E-state index contributed by atoms with van der Waals surface area (Å²) in [6, 6.07) is 4.78. The normalized spacial score (nSPS) is 18.2. The summed E-state index contributed by atoms with van der Waals surface area (Å²) in [4.78, 5) is -0.0955. The van der Waals surface area contributed by atoms with Crippen LogP contribution in [-0.2, 0) is 10.0 Å². The third kappa shape index (κ3) is 2.76. The molecule has 1 N–H and O–H groups in total. The van der Waals surface area contributed by atoms with Crippen LogP contribution in [0.5, 0.6) is 0 Å². The molecule has 0 atom stereocenters. The van der Waals surface area contributed by atoms with E-state index in [1.54, 1.807) is 6.07 Å². The molecule has 1 aliphatic rings. The Balaban J connectivity index is 2.32. The van der Waals surface area contributed by atoms with Gasteiger partial charge in [0.05, 0.1) is 16.6 Å². The van der Waals surface area contributed by atoms with E-state index in [1.807, 2.05) is 0 Å². The van der Waals surface area contributed by atoms with Crippen LogP contribution in [0.4, 0.5) is 4.39 Å². The average molecular weight is 284 g/mol. The summed E-state index contributed by atoms with van der Waals surface area (Å²) in [5.41, 5.74) is -0.293. The number of nitrogens with zero attached hydrogens (tertiary/aromatic N) is 2. The molecular formula is C12H13FN2O3S. The maximum absolute atomic E-state index is 13.2. The third-order valence-electron chi connectivity index (χ3n) is 3.12. The van der Waals surface area contributed by atoms with Crippen molar-refractivity contribution in [2.75, 3.05) is 13.1 Å². The first-order chi connectivity index (χ1) is 8.95. The highest BCUT2D eigenvalue weighted by molar-refractivity contribution is 7.89. The van der Waals surface area contributed by atoms with Crippen molar-refractivity contribution in [2.24, 2.45) is 0 Å². The molecule has 102 valence electrons. The Kier molecular flexibility index (Phi) is 3.85. The van der Waals surface area contributed by atoms with Gasteiger partial charge in [-0.1, -0.05) is 0 Å². The van der Waals surface area contributed by atoms with Crippen molar-refractivity contribution in [1.29, 1.82) is 5.26 Å². The van der Waals surface area contributed by atoms with Gasteiger partial charge in [0.1, 0.15) is 11.9 Å². The SMILES string of the molecule is N#Cc1cc(S(=O)(=O)N2CCC(O)CC2)ccc1F. The molecule has 19 heavy (non-hydrogen) atoms. The van der Waals surface area contributed by atoms with Crippen LogP contribution in [0, 0.1) is 17.1 Å². The molecule has 0 unspecified atom stereocenters. The molecule has 0 bridgehead atoms. The van der Waals surface area contributed by atoms with E-state index >= 15 is 0 Å². The second-order valence-corrected chi connectivity index (χ2v) is 6.33. The van der Waals surface area contributed by atoms with Crippen LogP contribution < -0.4 is 0 Å². The van der Waals surface area contributed by atoms with Crippen molar-refractivity contribution in [3.05, 3.63) is 29.6 Å². The molecule has 0 radical (unpaired) electrons. The molecule has 1 heterocycles. The van der Waals surface area contributed by atoms with E-state index in [-0.39, 0.29) is 23.5 Å². The van der Waals surface area contributed by atoms with Gasteiger partial charge < -0.3 is 5.11 Å². The molecule has 0 amide bonds. The quantitative estimate of drug-likeness (QED) is 0.872. The molecule has 1 aliphatic heterocycles. The molecule has 1 aromatic carbocycles. The standard InChI is InChI=1S/C12H13FN2O3S/c13-12-2-1-11(7-9(12)8-14)19(17,18)15-5-3-10(16)4-6-15/h1-2,7,10,16H,3-6H2. The van der Waals surface area contributed by atoms with Crippen molar-refractivity contribution < 1.29 is 17.9 Å². The molecule has 1 fully saturated rings. The Morgan fingerprint density at radius 1 is 1.37 bits per heavy atom. The third-order valence-corrected chi connectivity index (χ3v) is 5.01. The Hall–Kier alpha value is -1.49. The highest BCUT2D eigenvalue weighted by Crippen LogP contribution is 2.22. The van der Waals surface area contributed by atoms with Crippen LogP contribution in [0.25, 0.3) is 0 Å². The lowest BCUT2D eigenvalue weighted by Gasteiger charge is -2.28. The van der Waals surface area contributed by atoms with Crippen LogP contribution in [0.3, 0.4) is 0 Å². The summed E-state index contributed by atoms with van der Waals surface area (Å²) >= 11 is 0. The maximum atomic E-state index is 13.2. The number of piperidine rings is 1. The average Bonchev–Trinajstić information content (AvgIpc) is 2.39. The fourth-order valence-corrected chi connectivity index (χ4v) is 3.48. The van der Waals surface area contributed by atoms with Crippen LogP contribution in [0.2, 0.25) is 0 Å². The highest BCUT2D eigenvalue weighted by atomic mass is 32.2. The van der Waals surface area contributed by atoms with Gasteiger partial charge >= 0.3 is 0 Å². The van der Waals surface area contributed by atoms with Crippen LogP contribution in [-0.4, -0.2) is 37.0 Å². The monoisotopic (exact) mass is 284 g/mol. The zero-order valence-electron chi connectivity index (χ0n) is 10.1. The predicted molar refractivity (Wildman–Crippen MR) is 65.1 cm³/mol. The molecule has 7 heteroatoms. The molecular weight excluding hydrogens is 271 g/mol. The van der Waals surface area contributed by atoms with Gasteiger partial charge in [0, 0.05) is 13.1 Å². The summed E-state index contributed by atoms with van der Waals surface area (Å²) in [6.07, 6.45) is 0.284. The number of hydrogen-bond donors (Lipinski definition) is 1. The smallest absolute Gasteiger partial charge is 0.243 e. The number of aliphatic hydroxyl groups excluding tert-OH is 1. The second-order valence-electron chi connectivity index (χ2n) is 4.39. The summed E-state index contributed by atoms with van der Waals surface area (Å²) < 4.78 is 39.0. The molecule has 0 aromatic heterocycles. The second kappa shape index (κ2) is 5.25. The highest BCUT2D eigenvalue weighted by Gasteiger charge is 2.29. The minimum absolute atomic E-state index is 0.0955. The van der Waals surface area contributed by atoms with Gasteiger partial charge in [-0.25, -0.2) is 12.8 Å². The lowest BCUT2D eigenvalue weighted by molar-refractivity contribution is 0.113. The minimum Gasteiger partial charge on any atom is -0.393 e. The van der Waals surface area contributed by atoms with E-state index in [9.17, 15) is 17.9 Å². The van der Waals surface area contributed by atoms with Crippen molar-refractivity contribution in [3.8, 4) is 6.07 Å². The zero-order chi connectivity index (χ0) is 14.0. The van der Waals surface area contributed by atoms with Gasteiger partial charge in [0.2, 0.25) is 10.0 Å². The summed E-state index contributed by atoms with van der Waals surface area (Å²) in [5, 5.41) is 18.1. The van der Waals surface area contributed by atoms with Gasteiger partial charge in [-0.2, -0.15) is 9.57 Å². The summed E-state index contributed by atoms with van der Waals surface area (Å²) in [5.74, 6) is -0.740. The Labute approximate surface area is 110 Å². The van der Waals surface area contributed by atoms with Crippen molar-refractivity contribution in [1.82, 2.24) is 4.31 Å². The number of aliphatic hydroxyl groups is 1. The fraction of sp³-hybridized carbons (Fsp3) is 0.417. The number of sulfonamides is 1. The van der Waals surface area contributed by atoms with Crippen LogP contribution in [0.1, 0.15) is 18.4 Å². The topological polar surface area (TPSA) is 81.4 Å². The minimum atomic E-state index is -3.73. The zero-order valence-corrected chi connectivity index (χ0v) is 10.9. The van der Waals surface area contributed by atoms with Gasteiger partial charge in [-0.3, -0.25) is 0 Å². The van der Waals surface area contributed by atoms with Gasteiger partial charge in [0.25, 0.3) is 0 Å². The summed E-state index contributed by atoms with van der Waals surface area (Å²) in [6.45, 7) is 0.450. The van der Waals surface area contributed by atoms with E-state index in [0.29, 0.717) is 12.8 Å². The lowest BCUT2D eigenvalue weighted by atomic mass is 10.1. The molecule has 0 saturated carbocycles. The van der Waals surface area contributed by atoms with E-state index < -0.39 is 21.9 Å². The van der Waals surface area contributed by atoms with Gasteiger partial charge in [-0.05, 0) is 31.0 Å². The fourth-order valence-electron chi connectivity index (χ4n) is 1.98.